The Morgan fingerprint density at radius 1 is 1.21 bits per heavy atom. The van der Waals surface area contributed by atoms with Gasteiger partial charge in [0.05, 0.1) is 6.20 Å². The minimum atomic E-state index is 0.694. The lowest BCUT2D eigenvalue weighted by molar-refractivity contribution is 0.574. The van der Waals surface area contributed by atoms with Crippen LogP contribution in [0, 0.1) is 0 Å². The van der Waals surface area contributed by atoms with Crippen LogP contribution in [0.15, 0.2) is 35.1 Å². The summed E-state index contributed by atoms with van der Waals surface area (Å²) < 4.78 is 5.25. The van der Waals surface area contributed by atoms with E-state index in [4.69, 9.17) is 4.42 Å². The van der Waals surface area contributed by atoms with Crippen molar-refractivity contribution in [3.63, 3.8) is 0 Å². The zero-order valence-corrected chi connectivity index (χ0v) is 7.66. The molecule has 0 saturated carbocycles. The molecule has 0 radical (unpaired) electrons. The Labute approximate surface area is 81.8 Å². The van der Waals surface area contributed by atoms with Crippen molar-refractivity contribution in [3.05, 3.63) is 41.8 Å². The van der Waals surface area contributed by atoms with Crippen LogP contribution in [0.1, 0.15) is 11.1 Å². The van der Waals surface area contributed by atoms with E-state index in [0.29, 0.717) is 5.89 Å². The molecule has 3 nitrogen and oxygen atoms in total. The van der Waals surface area contributed by atoms with Gasteiger partial charge in [0.2, 0.25) is 5.89 Å². The number of fused-ring (bicyclic) bond motifs is 1. The molecule has 0 aliphatic carbocycles. The van der Waals surface area contributed by atoms with Gasteiger partial charge in [-0.1, -0.05) is 6.07 Å². The highest BCUT2D eigenvalue weighted by molar-refractivity contribution is 5.56. The summed E-state index contributed by atoms with van der Waals surface area (Å²) in [6.45, 7) is 1.92. The molecule has 0 bridgehead atoms. The Hall–Kier alpha value is -1.61. The molecule has 2 heterocycles. The molecule has 0 saturated heterocycles. The summed E-state index contributed by atoms with van der Waals surface area (Å²) in [5.41, 5.74) is 3.78. The van der Waals surface area contributed by atoms with Gasteiger partial charge in [-0.3, -0.25) is 0 Å². The van der Waals surface area contributed by atoms with Gasteiger partial charge < -0.3 is 9.73 Å². The molecule has 0 amide bonds. The van der Waals surface area contributed by atoms with Gasteiger partial charge in [-0.05, 0) is 23.3 Å². The number of benzene rings is 1. The third-order valence-electron chi connectivity index (χ3n) is 2.52. The van der Waals surface area contributed by atoms with Crippen LogP contribution in [0.3, 0.4) is 0 Å². The van der Waals surface area contributed by atoms with Gasteiger partial charge in [-0.25, -0.2) is 4.98 Å². The first kappa shape index (κ1) is 7.76. The predicted octanol–water partition coefficient (Wildman–Crippen LogP) is 1.94. The molecule has 2 aromatic rings. The van der Waals surface area contributed by atoms with E-state index in [1.807, 2.05) is 0 Å². The van der Waals surface area contributed by atoms with Gasteiger partial charge in [0, 0.05) is 18.7 Å². The maximum absolute atomic E-state index is 5.25. The molecule has 14 heavy (non-hydrogen) atoms. The molecule has 0 atom stereocenters. The van der Waals surface area contributed by atoms with E-state index in [2.05, 4.69) is 28.5 Å². The fourth-order valence-electron chi connectivity index (χ4n) is 1.79. The second-order valence-corrected chi connectivity index (χ2v) is 3.42. The Morgan fingerprint density at radius 3 is 3.00 bits per heavy atom. The summed E-state index contributed by atoms with van der Waals surface area (Å²) >= 11 is 0. The first-order valence-corrected chi connectivity index (χ1v) is 4.66. The Balaban J connectivity index is 2.09. The lowest BCUT2D eigenvalue weighted by atomic mass is 10.1. The highest BCUT2D eigenvalue weighted by atomic mass is 16.3. The van der Waals surface area contributed by atoms with Crippen molar-refractivity contribution in [1.29, 1.82) is 0 Å². The summed E-state index contributed by atoms with van der Waals surface area (Å²) in [6.07, 6.45) is 3.27. The number of nitrogens with one attached hydrogen (secondary N) is 1. The first-order valence-electron chi connectivity index (χ1n) is 4.66. The zero-order chi connectivity index (χ0) is 9.38. The normalized spacial score (nSPS) is 14.3. The van der Waals surface area contributed by atoms with Crippen LogP contribution in [0.2, 0.25) is 0 Å². The molecule has 0 fully saturated rings. The molecule has 1 aliphatic heterocycles. The monoisotopic (exact) mass is 186 g/mol. The van der Waals surface area contributed by atoms with E-state index in [-0.39, 0.29) is 0 Å². The summed E-state index contributed by atoms with van der Waals surface area (Å²) in [5, 5.41) is 3.31. The van der Waals surface area contributed by atoms with Gasteiger partial charge in [0.25, 0.3) is 0 Å². The van der Waals surface area contributed by atoms with E-state index in [9.17, 15) is 0 Å². The van der Waals surface area contributed by atoms with Crippen LogP contribution in [0.25, 0.3) is 11.5 Å². The van der Waals surface area contributed by atoms with Gasteiger partial charge in [-0.15, -0.1) is 0 Å². The molecule has 1 aliphatic rings. The standard InChI is InChI=1S/C11H10N2O/c1-2-9-6-12-7-10(9)5-8(1)11-13-3-4-14-11/h1-5,12H,6-7H2. The maximum atomic E-state index is 5.25. The number of nitrogens with zero attached hydrogens (tertiary/aromatic N) is 1. The SMILES string of the molecule is c1coc(-c2ccc3c(c2)CNC3)n1. The number of rotatable bonds is 1. The summed E-state index contributed by atoms with van der Waals surface area (Å²) in [7, 11) is 0. The van der Waals surface area contributed by atoms with Crippen molar-refractivity contribution in [2.75, 3.05) is 0 Å². The molecule has 0 spiro atoms. The Kier molecular flexibility index (Phi) is 1.64. The zero-order valence-electron chi connectivity index (χ0n) is 7.66. The van der Waals surface area contributed by atoms with Crippen molar-refractivity contribution in [2.24, 2.45) is 0 Å². The molecule has 1 aromatic carbocycles. The van der Waals surface area contributed by atoms with Gasteiger partial charge in [-0.2, -0.15) is 0 Å². The van der Waals surface area contributed by atoms with Gasteiger partial charge in [0.1, 0.15) is 6.26 Å². The van der Waals surface area contributed by atoms with Crippen molar-refractivity contribution in [1.82, 2.24) is 10.3 Å². The Morgan fingerprint density at radius 2 is 2.14 bits per heavy atom. The predicted molar refractivity (Wildman–Crippen MR) is 52.5 cm³/mol. The van der Waals surface area contributed by atoms with Crippen LogP contribution in [0.5, 0.6) is 0 Å². The van der Waals surface area contributed by atoms with E-state index >= 15 is 0 Å². The second kappa shape index (κ2) is 2.96. The molecule has 1 N–H and O–H groups in total. The second-order valence-electron chi connectivity index (χ2n) is 3.42. The highest BCUT2D eigenvalue weighted by Gasteiger charge is 2.11. The fraction of sp³-hybridized carbons (Fsp3) is 0.182. The minimum Gasteiger partial charge on any atom is -0.445 e. The summed E-state index contributed by atoms with van der Waals surface area (Å²) in [4.78, 5) is 4.12. The number of hydrogen-bond donors (Lipinski definition) is 1. The largest absolute Gasteiger partial charge is 0.445 e. The molecular formula is C11H10N2O. The maximum Gasteiger partial charge on any atom is 0.225 e. The van der Waals surface area contributed by atoms with Crippen molar-refractivity contribution >= 4 is 0 Å². The molecule has 0 unspecified atom stereocenters. The quantitative estimate of drug-likeness (QED) is 0.739. The molecule has 70 valence electrons. The lowest BCUT2D eigenvalue weighted by Gasteiger charge is -1.99. The first-order chi connectivity index (χ1) is 6.93. The molecular weight excluding hydrogens is 176 g/mol. The van der Waals surface area contributed by atoms with Crippen LogP contribution in [-0.4, -0.2) is 4.98 Å². The van der Waals surface area contributed by atoms with Crippen molar-refractivity contribution in [2.45, 2.75) is 13.1 Å². The van der Waals surface area contributed by atoms with Gasteiger partial charge >= 0.3 is 0 Å². The molecule has 3 rings (SSSR count). The third-order valence-corrected chi connectivity index (χ3v) is 2.52. The molecule has 1 aromatic heterocycles. The fourth-order valence-corrected chi connectivity index (χ4v) is 1.79. The van der Waals surface area contributed by atoms with E-state index in [0.717, 1.165) is 18.7 Å². The number of oxazole rings is 1. The van der Waals surface area contributed by atoms with Crippen LogP contribution >= 0.6 is 0 Å². The molecule has 3 heteroatoms. The topological polar surface area (TPSA) is 38.1 Å². The number of hydrogen-bond acceptors (Lipinski definition) is 3. The minimum absolute atomic E-state index is 0.694. The third kappa shape index (κ3) is 1.14. The average Bonchev–Trinajstić information content (AvgIpc) is 2.88. The Bertz CT molecular complexity index is 448. The van der Waals surface area contributed by atoms with Crippen molar-refractivity contribution in [3.8, 4) is 11.5 Å². The summed E-state index contributed by atoms with van der Waals surface area (Å²) in [6, 6.07) is 6.33. The lowest BCUT2D eigenvalue weighted by Crippen LogP contribution is -1.99. The van der Waals surface area contributed by atoms with E-state index < -0.39 is 0 Å². The van der Waals surface area contributed by atoms with Crippen LogP contribution in [-0.2, 0) is 13.1 Å². The highest BCUT2D eigenvalue weighted by Crippen LogP contribution is 2.23. The smallest absolute Gasteiger partial charge is 0.225 e. The van der Waals surface area contributed by atoms with Crippen LogP contribution in [0.4, 0.5) is 0 Å². The van der Waals surface area contributed by atoms with E-state index in [1.165, 1.54) is 11.1 Å². The van der Waals surface area contributed by atoms with Gasteiger partial charge in [0.15, 0.2) is 0 Å². The number of aromatic nitrogens is 1. The summed E-state index contributed by atoms with van der Waals surface area (Å²) in [5.74, 6) is 0.694. The average molecular weight is 186 g/mol. The van der Waals surface area contributed by atoms with E-state index in [1.54, 1.807) is 12.5 Å². The van der Waals surface area contributed by atoms with Crippen LogP contribution < -0.4 is 5.32 Å². The van der Waals surface area contributed by atoms with Crippen molar-refractivity contribution < 1.29 is 4.42 Å².